The van der Waals surface area contributed by atoms with E-state index in [1.54, 1.807) is 30.8 Å². The largest absolute Gasteiger partial charge is 0.534 e. The summed E-state index contributed by atoms with van der Waals surface area (Å²) in [5, 5.41) is 3.69. The lowest BCUT2D eigenvalue weighted by atomic mass is 10.2. The Bertz CT molecular complexity index is 2040. The first kappa shape index (κ1) is 34.5. The van der Waals surface area contributed by atoms with E-state index in [1.165, 1.54) is 30.6 Å². The molecule has 0 aliphatic rings. The van der Waals surface area contributed by atoms with E-state index in [2.05, 4.69) is 55.7 Å². The molecule has 4 aromatic rings. The van der Waals surface area contributed by atoms with Gasteiger partial charge in [-0.15, -0.1) is 0 Å². The molecular formula is C29H34F3N7O5SSi. The van der Waals surface area contributed by atoms with Gasteiger partial charge in [0.05, 0.1) is 28.6 Å². The van der Waals surface area contributed by atoms with Crippen LogP contribution in [0.5, 0.6) is 5.75 Å². The minimum absolute atomic E-state index is 0.00460. The first-order chi connectivity index (χ1) is 21.6. The fourth-order valence-corrected chi connectivity index (χ4v) is 5.55. The number of halogens is 3. The van der Waals surface area contributed by atoms with Gasteiger partial charge in [-0.2, -0.15) is 21.6 Å². The first-order valence-electron chi connectivity index (χ1n) is 14.1. The fourth-order valence-electron chi connectivity index (χ4n) is 4.34. The van der Waals surface area contributed by atoms with Crippen LogP contribution in [0.4, 0.5) is 19.0 Å². The number of aromatic nitrogens is 6. The van der Waals surface area contributed by atoms with Gasteiger partial charge in [0.15, 0.2) is 17.0 Å². The number of fused-ring (bicyclic) bond motifs is 1. The summed E-state index contributed by atoms with van der Waals surface area (Å²) in [5.74, 6) is -0.184. The summed E-state index contributed by atoms with van der Waals surface area (Å²) in [6.45, 7) is 14.7. The number of benzene rings is 1. The van der Waals surface area contributed by atoms with E-state index in [4.69, 9.17) is 4.74 Å². The third-order valence-corrected chi connectivity index (χ3v) is 9.35. The summed E-state index contributed by atoms with van der Waals surface area (Å²) in [5.41, 5.74) is -5.29. The van der Waals surface area contributed by atoms with Crippen molar-refractivity contribution in [2.24, 2.45) is 0 Å². The van der Waals surface area contributed by atoms with Crippen LogP contribution in [0, 0.1) is 0 Å². The number of hydrogen-bond donors (Lipinski definition) is 1. The normalized spacial score (nSPS) is 14.1. The Labute approximate surface area is 264 Å². The molecule has 0 saturated heterocycles. The Morgan fingerprint density at radius 3 is 2.57 bits per heavy atom. The minimum Gasteiger partial charge on any atom is -0.376 e. The Morgan fingerprint density at radius 2 is 1.91 bits per heavy atom. The highest BCUT2D eigenvalue weighted by Crippen LogP contribution is 2.28. The van der Waals surface area contributed by atoms with E-state index < -0.39 is 41.1 Å². The smallest absolute Gasteiger partial charge is 0.376 e. The van der Waals surface area contributed by atoms with E-state index in [9.17, 15) is 26.4 Å². The number of allylic oxidation sites excluding steroid dienone is 1. The Morgan fingerprint density at radius 1 is 1.17 bits per heavy atom. The van der Waals surface area contributed by atoms with Crippen molar-refractivity contribution in [3.8, 4) is 11.4 Å². The maximum Gasteiger partial charge on any atom is 0.534 e. The van der Waals surface area contributed by atoms with Crippen molar-refractivity contribution in [3.63, 3.8) is 0 Å². The van der Waals surface area contributed by atoms with Crippen LogP contribution < -0.4 is 25.6 Å². The molecule has 0 bridgehead atoms. The maximum atomic E-state index is 13.9. The van der Waals surface area contributed by atoms with Gasteiger partial charge in [-0.25, -0.2) is 19.9 Å². The second kappa shape index (κ2) is 13.6. The van der Waals surface area contributed by atoms with Gasteiger partial charge in [-0.05, 0) is 38.1 Å². The zero-order valence-corrected chi connectivity index (χ0v) is 27.7. The van der Waals surface area contributed by atoms with Crippen molar-refractivity contribution in [1.29, 1.82) is 0 Å². The molecule has 0 fully saturated rings. The third kappa shape index (κ3) is 7.71. The number of nitrogens with one attached hydrogen (secondary N) is 1. The predicted molar refractivity (Wildman–Crippen MR) is 171 cm³/mol. The molecule has 1 aromatic carbocycles. The number of rotatable bonds is 12. The molecular weight excluding hydrogens is 644 g/mol. The molecule has 0 radical (unpaired) electrons. The summed E-state index contributed by atoms with van der Waals surface area (Å²) < 4.78 is 75.4. The summed E-state index contributed by atoms with van der Waals surface area (Å²) in [6, 6.07) is 4.95. The Hall–Kier alpha value is -4.35. The lowest BCUT2D eigenvalue weighted by molar-refractivity contribution is -0.0500. The number of hydrogen-bond acceptors (Lipinski definition) is 10. The van der Waals surface area contributed by atoms with Crippen molar-refractivity contribution in [3.05, 3.63) is 76.3 Å². The highest BCUT2D eigenvalue weighted by Gasteiger charge is 2.48. The van der Waals surface area contributed by atoms with Crippen molar-refractivity contribution in [2.75, 3.05) is 11.9 Å². The van der Waals surface area contributed by atoms with Gasteiger partial charge in [0.1, 0.15) is 24.6 Å². The number of nitrogens with zero attached hydrogens (tertiary/aromatic N) is 6. The molecule has 12 nitrogen and oxygen atoms in total. The average Bonchev–Trinajstić information content (AvgIpc) is 3.39. The lowest BCUT2D eigenvalue weighted by Crippen LogP contribution is -2.48. The molecule has 0 amide bonds. The number of alkyl halides is 3. The zero-order valence-electron chi connectivity index (χ0n) is 25.9. The van der Waals surface area contributed by atoms with Gasteiger partial charge < -0.3 is 14.2 Å². The van der Waals surface area contributed by atoms with Crippen molar-refractivity contribution in [2.45, 2.75) is 57.8 Å². The number of imidazole rings is 1. The molecule has 46 heavy (non-hydrogen) atoms. The SMILES string of the molecule is C=C/C=c1/c(=O)n(-c2cccc(OS(=O)(=O)C(F)(F)F)c2)c(C(C)Nc2ncnc3c2ncn3COCC[Si](C)(C)C)n/c1=C/C. The molecule has 3 heterocycles. The topological polar surface area (TPSA) is 143 Å². The summed E-state index contributed by atoms with van der Waals surface area (Å²) in [6.07, 6.45) is 7.41. The average molecular weight is 678 g/mol. The van der Waals surface area contributed by atoms with Crippen LogP contribution in [0.25, 0.3) is 29.0 Å². The van der Waals surface area contributed by atoms with Crippen LogP contribution in [0.3, 0.4) is 0 Å². The van der Waals surface area contributed by atoms with Crippen LogP contribution >= 0.6 is 0 Å². The highest BCUT2D eigenvalue weighted by molar-refractivity contribution is 7.88. The van der Waals surface area contributed by atoms with E-state index in [0.29, 0.717) is 28.9 Å². The van der Waals surface area contributed by atoms with E-state index in [-0.39, 0.29) is 23.5 Å². The lowest BCUT2D eigenvalue weighted by Gasteiger charge is -2.20. The molecule has 17 heteroatoms. The molecule has 0 saturated carbocycles. The molecule has 1 N–H and O–H groups in total. The molecule has 0 aliphatic carbocycles. The fraction of sp³-hybridized carbons (Fsp3) is 0.345. The third-order valence-electron chi connectivity index (χ3n) is 6.67. The zero-order chi connectivity index (χ0) is 33.9. The van der Waals surface area contributed by atoms with Crippen molar-refractivity contribution in [1.82, 2.24) is 29.1 Å². The second-order valence-corrected chi connectivity index (χ2v) is 18.6. The molecule has 1 atom stereocenters. The second-order valence-electron chi connectivity index (χ2n) is 11.4. The van der Waals surface area contributed by atoms with Gasteiger partial charge in [0.2, 0.25) is 0 Å². The number of anilines is 1. The van der Waals surface area contributed by atoms with Crippen LogP contribution in [-0.4, -0.2) is 57.7 Å². The van der Waals surface area contributed by atoms with E-state index in [0.717, 1.165) is 22.7 Å². The van der Waals surface area contributed by atoms with Crippen LogP contribution in [0.15, 0.2) is 54.4 Å². The van der Waals surface area contributed by atoms with Gasteiger partial charge in [-0.3, -0.25) is 13.9 Å². The van der Waals surface area contributed by atoms with Crippen molar-refractivity contribution >= 4 is 47.3 Å². The number of ether oxygens (including phenoxy) is 1. The van der Waals surface area contributed by atoms with E-state index >= 15 is 0 Å². The summed E-state index contributed by atoms with van der Waals surface area (Å²) >= 11 is 0. The van der Waals surface area contributed by atoms with Gasteiger partial charge >= 0.3 is 15.6 Å². The monoisotopic (exact) mass is 677 g/mol. The maximum absolute atomic E-state index is 13.9. The minimum atomic E-state index is -5.96. The molecule has 0 aliphatic heterocycles. The summed E-state index contributed by atoms with van der Waals surface area (Å²) in [4.78, 5) is 31.7. The first-order valence-corrected chi connectivity index (χ1v) is 19.2. The standard InChI is InChI=1S/C29H34F3N7O5SSi/c1-7-10-22-23(8-2)37-26(39(28(22)40)20-11-9-12-21(15-20)44-45(41,42)29(30,31)32)19(3)36-25-24-27(34-16-33-25)38(17-35-24)18-43-13-14-46(4,5)6/h7-12,15-17,19H,1,13-14,18H2,2-6H3,(H,33,34,36)/b22-10+,23-8+. The molecule has 246 valence electrons. The van der Waals surface area contributed by atoms with Crippen molar-refractivity contribution < 1.29 is 30.5 Å². The van der Waals surface area contributed by atoms with Gasteiger partial charge in [-0.1, -0.05) is 44.4 Å². The predicted octanol–water partition coefficient (Wildman–Crippen LogP) is 3.85. The molecule has 4 rings (SSSR count). The van der Waals surface area contributed by atoms with Gasteiger partial charge in [0, 0.05) is 20.7 Å². The molecule has 0 spiro atoms. The quantitative estimate of drug-likeness (QED) is 0.102. The highest BCUT2D eigenvalue weighted by atomic mass is 32.2. The van der Waals surface area contributed by atoms with E-state index in [1.807, 2.05) is 0 Å². The molecule has 3 aromatic heterocycles. The van der Waals surface area contributed by atoms with Crippen LogP contribution in [0.2, 0.25) is 25.7 Å². The Kier molecular flexibility index (Phi) is 10.2. The van der Waals surface area contributed by atoms with Gasteiger partial charge in [0.25, 0.3) is 5.56 Å². The molecule has 1 unspecified atom stereocenters. The van der Waals surface area contributed by atoms with Crippen LogP contribution in [-0.2, 0) is 21.6 Å². The Balaban J connectivity index is 1.77. The van der Waals surface area contributed by atoms with Crippen LogP contribution in [0.1, 0.15) is 25.7 Å². The summed E-state index contributed by atoms with van der Waals surface area (Å²) in [7, 11) is -7.22.